The number of hydrogen-bond donors (Lipinski definition) is 2. The van der Waals surface area contributed by atoms with E-state index in [2.05, 4.69) is 5.32 Å². The Balaban J connectivity index is 1.67. The number of ketones is 1. The molecule has 0 aliphatic carbocycles. The number of anilines is 2. The first-order valence-electron chi connectivity index (χ1n) is 11.6. The second-order valence-corrected chi connectivity index (χ2v) is 9.44. The van der Waals surface area contributed by atoms with Gasteiger partial charge in [0.15, 0.2) is 11.5 Å². The maximum Gasteiger partial charge on any atom is 0.336 e. The lowest BCUT2D eigenvalue weighted by Crippen LogP contribution is -2.24. The van der Waals surface area contributed by atoms with Crippen LogP contribution >= 0.6 is 11.3 Å². The number of benzene rings is 2. The molecule has 0 spiro atoms. The second kappa shape index (κ2) is 9.70. The summed E-state index contributed by atoms with van der Waals surface area (Å²) in [6.45, 7) is 3.82. The molecule has 0 amide bonds. The van der Waals surface area contributed by atoms with Gasteiger partial charge < -0.3 is 34.7 Å². The summed E-state index contributed by atoms with van der Waals surface area (Å²) < 4.78 is 27.4. The van der Waals surface area contributed by atoms with E-state index in [1.807, 2.05) is 0 Å². The van der Waals surface area contributed by atoms with Crippen molar-refractivity contribution in [3.05, 3.63) is 69.2 Å². The molecule has 0 radical (unpaired) electrons. The molecule has 0 fully saturated rings. The van der Waals surface area contributed by atoms with Gasteiger partial charge in [0.2, 0.25) is 18.3 Å². The monoisotopic (exact) mass is 522 g/mol. The highest BCUT2D eigenvalue weighted by Gasteiger charge is 2.39. The third-order valence-corrected chi connectivity index (χ3v) is 7.47. The minimum absolute atomic E-state index is 0.0628. The molecule has 2 aromatic carbocycles. The molecule has 3 aromatic rings. The fourth-order valence-corrected chi connectivity index (χ4v) is 5.78. The van der Waals surface area contributed by atoms with Crippen LogP contribution in [0.3, 0.4) is 0 Å². The molecule has 0 unspecified atom stereocenters. The smallest absolute Gasteiger partial charge is 0.336 e. The highest BCUT2D eigenvalue weighted by Crippen LogP contribution is 2.53. The third-order valence-electron chi connectivity index (χ3n) is 6.33. The van der Waals surface area contributed by atoms with Gasteiger partial charge in [0, 0.05) is 22.7 Å². The summed E-state index contributed by atoms with van der Waals surface area (Å²) in [4.78, 5) is 27.1. The number of carbonyl (C=O) groups is 2. The molecular formula is C27H26N2O7S. The molecule has 2 aliphatic heterocycles. The number of carbonyl (C=O) groups excluding carboxylic acids is 2. The van der Waals surface area contributed by atoms with Crippen LogP contribution in [0.15, 0.2) is 47.7 Å². The lowest BCUT2D eigenvalue weighted by atomic mass is 9.81. The lowest BCUT2D eigenvalue weighted by molar-refractivity contribution is -0.138. The Morgan fingerprint density at radius 1 is 1.14 bits per heavy atom. The number of nitrogens with two attached hydrogens (primary N) is 1. The molecule has 192 valence electrons. The van der Waals surface area contributed by atoms with E-state index in [0.717, 1.165) is 0 Å². The van der Waals surface area contributed by atoms with Crippen LogP contribution in [0.2, 0.25) is 0 Å². The van der Waals surface area contributed by atoms with Crippen molar-refractivity contribution in [2.24, 2.45) is 0 Å². The molecule has 1 atom stereocenters. The summed E-state index contributed by atoms with van der Waals surface area (Å²) in [7, 11) is 3.10. The van der Waals surface area contributed by atoms with Gasteiger partial charge in [-0.3, -0.25) is 4.79 Å². The van der Waals surface area contributed by atoms with Gasteiger partial charge in [-0.15, -0.1) is 11.3 Å². The highest BCUT2D eigenvalue weighted by atomic mass is 32.1. The van der Waals surface area contributed by atoms with Crippen molar-refractivity contribution >= 4 is 33.8 Å². The first-order chi connectivity index (χ1) is 17.9. The van der Waals surface area contributed by atoms with Gasteiger partial charge >= 0.3 is 5.97 Å². The van der Waals surface area contributed by atoms with Crippen LogP contribution in [0.1, 0.15) is 46.1 Å². The predicted octanol–water partition coefficient (Wildman–Crippen LogP) is 4.70. The number of fused-ring (bicyclic) bond motifs is 2. The second-order valence-electron chi connectivity index (χ2n) is 8.42. The number of esters is 1. The fourth-order valence-electron chi connectivity index (χ4n) is 4.61. The van der Waals surface area contributed by atoms with E-state index in [1.165, 1.54) is 18.4 Å². The molecule has 3 heterocycles. The Bertz CT molecular complexity index is 1430. The first-order valence-corrected chi connectivity index (χ1v) is 12.4. The van der Waals surface area contributed by atoms with Crippen molar-refractivity contribution in [2.75, 3.05) is 38.7 Å². The standard InChI is InChI=1S/C27H26N2O7S/c1-5-34-27(31)19-13(2)29-26-21(20(19)15-10-17(33-4)24-18(11-15)35-12-36-24)22(28)25(37-26)23(30)14-6-8-16(32-3)9-7-14/h6-11,20,29H,5,12,28H2,1-4H3/t20-/m1/s1. The van der Waals surface area contributed by atoms with Crippen molar-refractivity contribution < 1.29 is 33.3 Å². The van der Waals surface area contributed by atoms with Crippen LogP contribution < -0.4 is 30.0 Å². The number of rotatable bonds is 7. The van der Waals surface area contributed by atoms with E-state index >= 15 is 0 Å². The number of nitrogens with one attached hydrogen (secondary N) is 1. The number of methoxy groups -OCH3 is 2. The zero-order valence-electron chi connectivity index (χ0n) is 20.8. The number of hydrogen-bond acceptors (Lipinski definition) is 10. The van der Waals surface area contributed by atoms with Gasteiger partial charge in [-0.1, -0.05) is 0 Å². The zero-order chi connectivity index (χ0) is 26.3. The average Bonchev–Trinajstić information content (AvgIpc) is 3.51. The number of allylic oxidation sites excluding steroid dienone is 1. The molecular weight excluding hydrogens is 496 g/mol. The summed E-state index contributed by atoms with van der Waals surface area (Å²) in [5.74, 6) is 0.771. The number of thiophene rings is 1. The van der Waals surface area contributed by atoms with E-state index in [-0.39, 0.29) is 19.2 Å². The summed E-state index contributed by atoms with van der Waals surface area (Å²) in [5, 5.41) is 3.96. The zero-order valence-corrected chi connectivity index (χ0v) is 21.6. The van der Waals surface area contributed by atoms with Gasteiger partial charge in [-0.25, -0.2) is 4.79 Å². The summed E-state index contributed by atoms with van der Waals surface area (Å²) in [6, 6.07) is 10.4. The van der Waals surface area contributed by atoms with Crippen LogP contribution in [0.4, 0.5) is 10.7 Å². The first kappa shape index (κ1) is 24.5. The molecule has 0 bridgehead atoms. The van der Waals surface area contributed by atoms with Crippen molar-refractivity contribution in [1.29, 1.82) is 0 Å². The van der Waals surface area contributed by atoms with Gasteiger partial charge in [0.05, 0.1) is 37.1 Å². The molecule has 1 aromatic heterocycles. The van der Waals surface area contributed by atoms with E-state index < -0.39 is 11.9 Å². The van der Waals surface area contributed by atoms with E-state index in [9.17, 15) is 9.59 Å². The number of nitrogen functional groups attached to an aromatic ring is 1. The number of ether oxygens (including phenoxy) is 5. The normalized spacial score (nSPS) is 15.6. The molecule has 37 heavy (non-hydrogen) atoms. The quantitative estimate of drug-likeness (QED) is 0.336. The van der Waals surface area contributed by atoms with Gasteiger partial charge in [-0.2, -0.15) is 0 Å². The molecule has 5 rings (SSSR count). The van der Waals surface area contributed by atoms with E-state index in [0.29, 0.717) is 66.5 Å². The molecule has 10 heteroatoms. The summed E-state index contributed by atoms with van der Waals surface area (Å²) >= 11 is 1.25. The molecule has 9 nitrogen and oxygen atoms in total. The minimum atomic E-state index is -0.632. The van der Waals surface area contributed by atoms with Crippen LogP contribution in [0, 0.1) is 0 Å². The van der Waals surface area contributed by atoms with Gasteiger partial charge in [-0.05, 0) is 55.8 Å². The molecule has 0 saturated carbocycles. The van der Waals surface area contributed by atoms with Crippen molar-refractivity contribution in [2.45, 2.75) is 19.8 Å². The molecule has 2 aliphatic rings. The van der Waals surface area contributed by atoms with Crippen LogP contribution in [-0.2, 0) is 9.53 Å². The molecule has 3 N–H and O–H groups in total. The predicted molar refractivity (Wildman–Crippen MR) is 139 cm³/mol. The van der Waals surface area contributed by atoms with Crippen molar-refractivity contribution in [3.63, 3.8) is 0 Å². The Hall–Kier alpha value is -4.18. The maximum absolute atomic E-state index is 13.5. The minimum Gasteiger partial charge on any atom is -0.497 e. The van der Waals surface area contributed by atoms with Gasteiger partial charge in [0.1, 0.15) is 10.6 Å². The summed E-state index contributed by atoms with van der Waals surface area (Å²) in [6.07, 6.45) is 0. The Morgan fingerprint density at radius 3 is 2.57 bits per heavy atom. The van der Waals surface area contributed by atoms with Crippen molar-refractivity contribution in [1.82, 2.24) is 0 Å². The Labute approximate surface area is 217 Å². The Kier molecular flexibility index (Phi) is 6.43. The topological polar surface area (TPSA) is 118 Å². The van der Waals surface area contributed by atoms with E-state index in [4.69, 9.17) is 29.4 Å². The Morgan fingerprint density at radius 2 is 1.89 bits per heavy atom. The largest absolute Gasteiger partial charge is 0.497 e. The van der Waals surface area contributed by atoms with E-state index in [1.54, 1.807) is 57.4 Å². The van der Waals surface area contributed by atoms with Gasteiger partial charge in [0.25, 0.3) is 0 Å². The highest BCUT2D eigenvalue weighted by molar-refractivity contribution is 7.19. The molecule has 0 saturated heterocycles. The maximum atomic E-state index is 13.5. The fraction of sp³-hybridized carbons (Fsp3) is 0.259. The summed E-state index contributed by atoms with van der Waals surface area (Å²) in [5.41, 5.74) is 9.76. The SMILES string of the molecule is CCOC(=O)C1=C(C)Nc2sc(C(=O)c3ccc(OC)cc3)c(N)c2[C@@H]1c1cc(OC)c2c(c1)OCO2. The average molecular weight is 523 g/mol. The van der Waals surface area contributed by atoms with Crippen LogP contribution in [0.25, 0.3) is 0 Å². The van der Waals surface area contributed by atoms with Crippen LogP contribution in [0.5, 0.6) is 23.0 Å². The lowest BCUT2D eigenvalue weighted by Gasteiger charge is -2.28. The van der Waals surface area contributed by atoms with Crippen molar-refractivity contribution in [3.8, 4) is 23.0 Å². The van der Waals surface area contributed by atoms with Crippen LogP contribution in [-0.4, -0.2) is 39.4 Å². The third kappa shape index (κ3) is 4.13.